The van der Waals surface area contributed by atoms with E-state index in [1.807, 2.05) is 0 Å². The number of carboxylic acids is 1. The normalized spacial score (nSPS) is 10.2. The van der Waals surface area contributed by atoms with Crippen molar-refractivity contribution in [3.05, 3.63) is 5.82 Å². The molecule has 0 spiro atoms. The molecule has 8 heteroatoms. The fraction of sp³-hybridized carbons (Fsp3) is 0.400. The van der Waals surface area contributed by atoms with Gasteiger partial charge in [0.15, 0.2) is 5.82 Å². The number of hydrogen-bond donors (Lipinski definition) is 3. The van der Waals surface area contributed by atoms with E-state index < -0.39 is 5.97 Å². The number of aromatic nitrogens is 3. The molecule has 0 aromatic carbocycles. The predicted molar refractivity (Wildman–Crippen MR) is 44.5 cm³/mol. The molecular formula is C5H8N4O3S. The first kappa shape index (κ1) is 9.81. The van der Waals surface area contributed by atoms with Gasteiger partial charge in [-0.15, -0.1) is 10.2 Å². The highest BCUT2D eigenvalue weighted by molar-refractivity contribution is 7.99. The first-order valence-electron chi connectivity index (χ1n) is 3.30. The van der Waals surface area contributed by atoms with Crippen molar-refractivity contribution in [3.8, 4) is 0 Å². The number of aliphatic carboxylic acids is 1. The molecule has 0 amide bonds. The largest absolute Gasteiger partial charge is 0.481 e. The van der Waals surface area contributed by atoms with Crippen molar-refractivity contribution < 1.29 is 15.0 Å². The molecule has 4 N–H and O–H groups in total. The quantitative estimate of drug-likeness (QED) is 0.410. The van der Waals surface area contributed by atoms with Crippen LogP contribution in [0.4, 0.5) is 0 Å². The summed E-state index contributed by atoms with van der Waals surface area (Å²) in [6, 6.07) is 0. The third-order valence-electron chi connectivity index (χ3n) is 1.20. The van der Waals surface area contributed by atoms with Crippen LogP contribution in [0.3, 0.4) is 0 Å². The van der Waals surface area contributed by atoms with Crippen LogP contribution in [0.2, 0.25) is 0 Å². The first-order valence-corrected chi connectivity index (χ1v) is 4.28. The monoisotopic (exact) mass is 204 g/mol. The van der Waals surface area contributed by atoms with Crippen molar-refractivity contribution in [2.45, 2.75) is 11.8 Å². The maximum Gasteiger partial charge on any atom is 0.313 e. The Kier molecular flexibility index (Phi) is 3.09. The van der Waals surface area contributed by atoms with Gasteiger partial charge < -0.3 is 16.1 Å². The number of carboxylic acid groups (broad SMARTS) is 1. The third kappa shape index (κ3) is 2.33. The molecule has 0 saturated heterocycles. The Bertz CT molecular complexity index is 313. The van der Waals surface area contributed by atoms with Gasteiger partial charge in [0.05, 0.1) is 5.75 Å². The van der Waals surface area contributed by atoms with Crippen LogP contribution in [-0.4, -0.2) is 36.8 Å². The van der Waals surface area contributed by atoms with E-state index in [1.165, 1.54) is 0 Å². The molecule has 0 aliphatic heterocycles. The topological polar surface area (TPSA) is 114 Å². The van der Waals surface area contributed by atoms with E-state index in [9.17, 15) is 4.79 Å². The smallest absolute Gasteiger partial charge is 0.313 e. The lowest BCUT2D eigenvalue weighted by molar-refractivity contribution is -0.133. The van der Waals surface area contributed by atoms with Gasteiger partial charge in [-0.1, -0.05) is 11.8 Å². The van der Waals surface area contributed by atoms with E-state index in [-0.39, 0.29) is 23.3 Å². The van der Waals surface area contributed by atoms with Crippen LogP contribution < -0.4 is 5.84 Å². The number of hydrogen-bond acceptors (Lipinski definition) is 6. The summed E-state index contributed by atoms with van der Waals surface area (Å²) in [5, 5.41) is 24.4. The summed E-state index contributed by atoms with van der Waals surface area (Å²) in [6.45, 7) is -0.322. The van der Waals surface area contributed by atoms with Gasteiger partial charge in [-0.25, -0.2) is 4.68 Å². The Morgan fingerprint density at radius 3 is 2.77 bits per heavy atom. The van der Waals surface area contributed by atoms with Gasteiger partial charge in [0.1, 0.15) is 6.61 Å². The van der Waals surface area contributed by atoms with Crippen LogP contribution in [-0.2, 0) is 11.4 Å². The summed E-state index contributed by atoms with van der Waals surface area (Å²) in [5.74, 6) is 4.52. The lowest BCUT2D eigenvalue weighted by Gasteiger charge is -1.98. The molecule has 0 atom stereocenters. The van der Waals surface area contributed by atoms with E-state index in [2.05, 4.69) is 10.2 Å². The molecule has 13 heavy (non-hydrogen) atoms. The third-order valence-corrected chi connectivity index (χ3v) is 2.13. The van der Waals surface area contributed by atoms with Gasteiger partial charge in [0.2, 0.25) is 5.16 Å². The van der Waals surface area contributed by atoms with Gasteiger partial charge in [-0.3, -0.25) is 4.79 Å². The van der Waals surface area contributed by atoms with Gasteiger partial charge in [-0.2, -0.15) is 0 Å². The van der Waals surface area contributed by atoms with E-state index >= 15 is 0 Å². The lowest BCUT2D eigenvalue weighted by atomic mass is 10.7. The average Bonchev–Trinajstić information content (AvgIpc) is 2.43. The molecule has 0 radical (unpaired) electrons. The zero-order valence-electron chi connectivity index (χ0n) is 6.54. The Morgan fingerprint density at radius 2 is 2.31 bits per heavy atom. The molecule has 0 unspecified atom stereocenters. The van der Waals surface area contributed by atoms with Crippen molar-refractivity contribution in [1.82, 2.24) is 14.9 Å². The van der Waals surface area contributed by atoms with Crippen LogP contribution >= 0.6 is 11.8 Å². The van der Waals surface area contributed by atoms with E-state index in [0.717, 1.165) is 16.4 Å². The van der Waals surface area contributed by atoms with Crippen LogP contribution in [0.15, 0.2) is 5.16 Å². The Hall–Kier alpha value is -1.28. The first-order chi connectivity index (χ1) is 6.15. The molecule has 0 aliphatic rings. The van der Waals surface area contributed by atoms with E-state index in [4.69, 9.17) is 16.1 Å². The highest BCUT2D eigenvalue weighted by atomic mass is 32.2. The molecule has 0 bridgehead atoms. The second-order valence-corrected chi connectivity index (χ2v) is 3.05. The minimum absolute atomic E-state index is 0.138. The number of nitrogen functional groups attached to an aromatic ring is 1. The maximum atomic E-state index is 10.2. The molecule has 0 fully saturated rings. The SMILES string of the molecule is Nn1c(CO)nnc1SCC(=O)O. The minimum atomic E-state index is -0.960. The molecule has 1 aromatic heterocycles. The molecule has 0 saturated carbocycles. The Morgan fingerprint density at radius 1 is 1.62 bits per heavy atom. The Labute approximate surface area is 77.5 Å². The highest BCUT2D eigenvalue weighted by Gasteiger charge is 2.10. The number of rotatable bonds is 4. The van der Waals surface area contributed by atoms with E-state index in [0.29, 0.717) is 0 Å². The molecule has 1 rings (SSSR count). The van der Waals surface area contributed by atoms with Gasteiger partial charge >= 0.3 is 5.97 Å². The number of carbonyl (C=O) groups is 1. The predicted octanol–water partition coefficient (Wildman–Crippen LogP) is -1.34. The van der Waals surface area contributed by atoms with Gasteiger partial charge in [-0.05, 0) is 0 Å². The lowest BCUT2D eigenvalue weighted by Crippen LogP contribution is -2.14. The zero-order chi connectivity index (χ0) is 9.84. The summed E-state index contributed by atoms with van der Waals surface area (Å²) >= 11 is 0.945. The zero-order valence-corrected chi connectivity index (χ0v) is 7.36. The number of aliphatic hydroxyl groups is 1. The summed E-state index contributed by atoms with van der Waals surface area (Å²) in [4.78, 5) is 10.2. The van der Waals surface area contributed by atoms with Crippen LogP contribution in [0.1, 0.15) is 5.82 Å². The van der Waals surface area contributed by atoms with Crippen LogP contribution in [0.5, 0.6) is 0 Å². The summed E-state index contributed by atoms with van der Waals surface area (Å²) < 4.78 is 1.06. The van der Waals surface area contributed by atoms with E-state index in [1.54, 1.807) is 0 Å². The second-order valence-electron chi connectivity index (χ2n) is 2.11. The van der Waals surface area contributed by atoms with Gasteiger partial charge in [0.25, 0.3) is 0 Å². The van der Waals surface area contributed by atoms with Crippen molar-refractivity contribution in [1.29, 1.82) is 0 Å². The van der Waals surface area contributed by atoms with Crippen molar-refractivity contribution in [2.75, 3.05) is 11.6 Å². The number of thioether (sulfide) groups is 1. The summed E-state index contributed by atoms with van der Waals surface area (Å²) in [7, 11) is 0. The second kappa shape index (κ2) is 4.10. The molecule has 1 aromatic rings. The fourth-order valence-electron chi connectivity index (χ4n) is 0.640. The van der Waals surface area contributed by atoms with Crippen molar-refractivity contribution in [3.63, 3.8) is 0 Å². The molecule has 1 heterocycles. The molecular weight excluding hydrogens is 196 g/mol. The number of nitrogens with zero attached hydrogens (tertiary/aromatic N) is 3. The van der Waals surface area contributed by atoms with Crippen molar-refractivity contribution in [2.24, 2.45) is 0 Å². The highest BCUT2D eigenvalue weighted by Crippen LogP contribution is 2.13. The molecule has 72 valence electrons. The minimum Gasteiger partial charge on any atom is -0.481 e. The maximum absolute atomic E-state index is 10.2. The standard InChI is InChI=1S/C5H8N4O3S/c6-9-3(1-10)7-8-5(9)13-2-4(11)12/h10H,1-2,6H2,(H,11,12). The average molecular weight is 204 g/mol. The van der Waals surface area contributed by atoms with Gasteiger partial charge in [0, 0.05) is 0 Å². The number of aliphatic hydroxyl groups excluding tert-OH is 1. The molecule has 7 nitrogen and oxygen atoms in total. The fourth-order valence-corrected chi connectivity index (χ4v) is 1.24. The van der Waals surface area contributed by atoms with Crippen molar-refractivity contribution >= 4 is 17.7 Å². The number of nitrogens with two attached hydrogens (primary N) is 1. The molecule has 0 aliphatic carbocycles. The van der Waals surface area contributed by atoms with Crippen LogP contribution in [0.25, 0.3) is 0 Å². The summed E-state index contributed by atoms with van der Waals surface area (Å²) in [6.07, 6.45) is 0. The summed E-state index contributed by atoms with van der Waals surface area (Å²) in [5.41, 5.74) is 0. The van der Waals surface area contributed by atoms with Crippen LogP contribution in [0, 0.1) is 0 Å². The Balaban J connectivity index is 2.67.